The summed E-state index contributed by atoms with van der Waals surface area (Å²) < 4.78 is 13.0. The van der Waals surface area contributed by atoms with E-state index in [1.165, 1.54) is 13.8 Å². The first kappa shape index (κ1) is 32.0. The van der Waals surface area contributed by atoms with Crippen molar-refractivity contribution in [2.75, 3.05) is 13.1 Å². The van der Waals surface area contributed by atoms with Gasteiger partial charge in [-0.1, -0.05) is 13.8 Å². The predicted molar refractivity (Wildman–Crippen MR) is 159 cm³/mol. The number of nitrogens with zero attached hydrogens (tertiary/aromatic N) is 1. The lowest BCUT2D eigenvalue weighted by Crippen LogP contribution is -2.82. The number of aliphatic carboxylic acids is 1. The Morgan fingerprint density at radius 2 is 1.60 bits per heavy atom. The SMILES string of the molecule is CC(=O)OC1(/C(C)=C(\C)C(=O)O)CC[C@@]2(C)C3CC[C@H]4C5CC(O)C6(O)[C@@H](CN7C[C@@H](C)CC[C@H]7[C@@]6(C)O)C5(O)CC42OC31O. The zero-order chi connectivity index (χ0) is 32.9. The average Bonchev–Trinajstić information content (AvgIpc) is 3.19. The van der Waals surface area contributed by atoms with Crippen molar-refractivity contribution in [3.8, 4) is 0 Å². The van der Waals surface area contributed by atoms with Crippen LogP contribution in [0.15, 0.2) is 11.1 Å². The van der Waals surface area contributed by atoms with Crippen LogP contribution in [0.5, 0.6) is 0 Å². The Hall–Kier alpha value is -1.60. The highest BCUT2D eigenvalue weighted by Crippen LogP contribution is 2.79. The van der Waals surface area contributed by atoms with Gasteiger partial charge in [-0.2, -0.15) is 0 Å². The Labute approximate surface area is 264 Å². The van der Waals surface area contributed by atoms with E-state index in [9.17, 15) is 40.2 Å². The normalized spacial score (nSPS) is 57.2. The van der Waals surface area contributed by atoms with E-state index in [0.29, 0.717) is 44.7 Å². The maximum Gasteiger partial charge on any atom is 0.331 e. The van der Waals surface area contributed by atoms with Crippen molar-refractivity contribution >= 4 is 11.9 Å². The molecule has 14 atom stereocenters. The molecule has 6 N–H and O–H groups in total. The van der Waals surface area contributed by atoms with Gasteiger partial charge in [-0.25, -0.2) is 4.79 Å². The lowest BCUT2D eigenvalue weighted by atomic mass is 9.48. The van der Waals surface area contributed by atoms with Crippen LogP contribution in [0.25, 0.3) is 0 Å². The Balaban J connectivity index is 1.36. The van der Waals surface area contributed by atoms with Gasteiger partial charge in [0.1, 0.15) is 11.2 Å². The lowest BCUT2D eigenvalue weighted by Gasteiger charge is -2.66. The first-order valence-corrected chi connectivity index (χ1v) is 16.9. The maximum absolute atomic E-state index is 13.0. The van der Waals surface area contributed by atoms with E-state index in [1.54, 1.807) is 13.8 Å². The molecule has 4 bridgehead atoms. The van der Waals surface area contributed by atoms with Crippen LogP contribution in [0, 0.1) is 35.0 Å². The fourth-order valence-corrected chi connectivity index (χ4v) is 12.7. The number of ether oxygens (including phenoxy) is 2. The van der Waals surface area contributed by atoms with E-state index in [0.717, 1.165) is 6.42 Å². The number of carbonyl (C=O) groups excluding carboxylic acids is 1. The molecule has 3 saturated heterocycles. The van der Waals surface area contributed by atoms with Gasteiger partial charge in [-0.3, -0.25) is 9.69 Å². The van der Waals surface area contributed by atoms with Crippen LogP contribution < -0.4 is 0 Å². The van der Waals surface area contributed by atoms with Gasteiger partial charge in [-0.15, -0.1) is 0 Å². The second-order valence-electron chi connectivity index (χ2n) is 16.5. The smallest absolute Gasteiger partial charge is 0.331 e. The number of rotatable bonds is 3. The summed E-state index contributed by atoms with van der Waals surface area (Å²) in [6, 6.07) is -0.354. The molecule has 8 unspecified atom stereocenters. The Bertz CT molecular complexity index is 1370. The summed E-state index contributed by atoms with van der Waals surface area (Å²) in [5, 5.41) is 72.2. The lowest BCUT2D eigenvalue weighted by molar-refractivity contribution is -0.330. The summed E-state index contributed by atoms with van der Waals surface area (Å²) in [6.07, 6.45) is 2.10. The van der Waals surface area contributed by atoms with E-state index < -0.39 is 75.0 Å². The molecule has 4 saturated carbocycles. The molecule has 4 aliphatic carbocycles. The summed E-state index contributed by atoms with van der Waals surface area (Å²) in [6.45, 7) is 11.1. The van der Waals surface area contributed by atoms with Gasteiger partial charge >= 0.3 is 11.9 Å². The van der Waals surface area contributed by atoms with Gasteiger partial charge in [0.2, 0.25) is 5.79 Å². The molecular weight excluding hydrogens is 582 g/mol. The van der Waals surface area contributed by atoms with Crippen molar-refractivity contribution in [2.45, 2.75) is 139 Å². The highest BCUT2D eigenvalue weighted by atomic mass is 16.7. The topological polar surface area (TPSA) is 177 Å². The molecule has 7 fully saturated rings. The summed E-state index contributed by atoms with van der Waals surface area (Å²) in [5.41, 5.74) is -8.52. The summed E-state index contributed by atoms with van der Waals surface area (Å²) in [4.78, 5) is 27.0. The zero-order valence-electron chi connectivity index (χ0n) is 27.4. The number of piperidine rings is 2. The number of esters is 1. The number of aliphatic hydroxyl groups is 5. The minimum atomic E-state index is -2.06. The zero-order valence-corrected chi connectivity index (χ0v) is 27.4. The van der Waals surface area contributed by atoms with Crippen LogP contribution >= 0.6 is 0 Å². The van der Waals surface area contributed by atoms with Gasteiger partial charge in [-0.05, 0) is 89.0 Å². The van der Waals surface area contributed by atoms with Crippen molar-refractivity contribution in [3.05, 3.63) is 11.1 Å². The highest BCUT2D eigenvalue weighted by molar-refractivity contribution is 5.87. The van der Waals surface area contributed by atoms with Crippen LogP contribution in [-0.4, -0.2) is 107 Å². The number of aliphatic hydroxyl groups excluding tert-OH is 1. The molecule has 0 aromatic heterocycles. The molecule has 7 rings (SSSR count). The first-order chi connectivity index (χ1) is 20.8. The third-order valence-electron chi connectivity index (χ3n) is 14.9. The van der Waals surface area contributed by atoms with Gasteiger partial charge in [0, 0.05) is 55.3 Å². The molecule has 252 valence electrons. The Morgan fingerprint density at radius 3 is 2.24 bits per heavy atom. The number of hydrogen-bond acceptors (Lipinski definition) is 10. The molecule has 0 aromatic rings. The molecule has 45 heavy (non-hydrogen) atoms. The number of carbonyl (C=O) groups is 2. The number of fused-ring (bicyclic) bond motifs is 5. The molecule has 0 amide bonds. The van der Waals surface area contributed by atoms with Gasteiger partial charge in [0.05, 0.1) is 17.3 Å². The van der Waals surface area contributed by atoms with Crippen LogP contribution in [0.2, 0.25) is 0 Å². The van der Waals surface area contributed by atoms with Crippen molar-refractivity contribution in [3.63, 3.8) is 0 Å². The molecule has 0 radical (unpaired) electrons. The van der Waals surface area contributed by atoms with Crippen LogP contribution in [0.4, 0.5) is 0 Å². The maximum atomic E-state index is 13.0. The first-order valence-electron chi connectivity index (χ1n) is 16.9. The molecule has 0 aromatic carbocycles. The van der Waals surface area contributed by atoms with Crippen LogP contribution in [-0.2, 0) is 19.1 Å². The van der Waals surface area contributed by atoms with E-state index in [4.69, 9.17) is 9.47 Å². The van der Waals surface area contributed by atoms with Gasteiger partial charge in [0.15, 0.2) is 5.60 Å². The predicted octanol–water partition coefficient (Wildman–Crippen LogP) is 1.72. The van der Waals surface area contributed by atoms with Crippen molar-refractivity contribution in [2.24, 2.45) is 35.0 Å². The Kier molecular flexibility index (Phi) is 6.61. The third-order valence-corrected chi connectivity index (χ3v) is 14.9. The molecule has 11 nitrogen and oxygen atoms in total. The monoisotopic (exact) mass is 633 g/mol. The van der Waals surface area contributed by atoms with Crippen LogP contribution in [0.3, 0.4) is 0 Å². The number of carboxylic acids is 1. The van der Waals surface area contributed by atoms with Crippen molar-refractivity contribution < 1.29 is 49.7 Å². The largest absolute Gasteiger partial charge is 0.478 e. The number of carboxylic acid groups (broad SMARTS) is 1. The van der Waals surface area contributed by atoms with E-state index >= 15 is 0 Å². The second kappa shape index (κ2) is 9.30. The molecule has 11 heteroatoms. The molecule has 1 spiro atoms. The van der Waals surface area contributed by atoms with E-state index in [1.807, 2.05) is 0 Å². The molecular formula is C34H51NO10. The number of hydrogen-bond donors (Lipinski definition) is 6. The van der Waals surface area contributed by atoms with Gasteiger partial charge < -0.3 is 40.1 Å². The highest BCUT2D eigenvalue weighted by Gasteiger charge is 2.87. The third kappa shape index (κ3) is 3.46. The standard InChI is InChI=1S/C34H51NO10/c1-17-7-10-25-29(6,40)33(42)24(15-35(25)14-17)30(41)16-32-21(22(30)13-26(33)37)8-9-23-28(32,5)11-12-31(44-20(4)36,34(23,43)45-32)19(3)18(2)27(38)39/h17,21-26,37,40-43H,7-16H2,1-6H3,(H,38,39)/b19-18+/t17-,21-,22?,23?,24-,25-,26?,28-,29+,30?,31?,32?,33?,34?/m0/s1. The van der Waals surface area contributed by atoms with Crippen LogP contribution in [0.1, 0.15) is 92.9 Å². The fraction of sp³-hybridized carbons (Fsp3) is 0.882. The minimum Gasteiger partial charge on any atom is -0.478 e. The van der Waals surface area contributed by atoms with Crippen molar-refractivity contribution in [1.82, 2.24) is 4.90 Å². The van der Waals surface area contributed by atoms with Crippen molar-refractivity contribution in [1.29, 1.82) is 0 Å². The Morgan fingerprint density at radius 1 is 0.911 bits per heavy atom. The van der Waals surface area contributed by atoms with E-state index in [-0.39, 0.29) is 42.4 Å². The molecule has 3 heterocycles. The summed E-state index contributed by atoms with van der Waals surface area (Å²) in [5.74, 6) is -5.71. The average molecular weight is 634 g/mol. The summed E-state index contributed by atoms with van der Waals surface area (Å²) in [7, 11) is 0. The second-order valence-corrected chi connectivity index (χ2v) is 16.5. The summed E-state index contributed by atoms with van der Waals surface area (Å²) >= 11 is 0. The van der Waals surface area contributed by atoms with E-state index in [2.05, 4.69) is 18.7 Å². The molecule has 7 aliphatic rings. The molecule has 3 aliphatic heterocycles. The minimum absolute atomic E-state index is 0.0333. The van der Waals surface area contributed by atoms with Gasteiger partial charge in [0.25, 0.3) is 0 Å². The quantitative estimate of drug-likeness (QED) is 0.197. The fourth-order valence-electron chi connectivity index (χ4n) is 12.7.